The van der Waals surface area contributed by atoms with Crippen molar-refractivity contribution in [3.05, 3.63) is 16.3 Å². The number of nitrogens with zero attached hydrogens (tertiary/aromatic N) is 3. The first-order chi connectivity index (χ1) is 7.24. The van der Waals surface area contributed by atoms with Crippen LogP contribution < -0.4 is 11.0 Å². The minimum absolute atomic E-state index is 0.00178. The Labute approximate surface area is 89.1 Å². The van der Waals surface area contributed by atoms with Gasteiger partial charge in [-0.1, -0.05) is 0 Å². The van der Waals surface area contributed by atoms with Crippen LogP contribution in [-0.4, -0.2) is 27.4 Å². The number of hydrogen-bond acceptors (Lipinski definition) is 3. The fraction of sp³-hybridized carbons (Fsp3) is 0.800. The van der Waals surface area contributed by atoms with Crippen LogP contribution in [0.2, 0.25) is 0 Å². The predicted molar refractivity (Wildman–Crippen MR) is 58.0 cm³/mol. The van der Waals surface area contributed by atoms with Crippen LogP contribution in [0.1, 0.15) is 31.5 Å². The van der Waals surface area contributed by atoms with Gasteiger partial charge in [0.15, 0.2) is 0 Å². The van der Waals surface area contributed by atoms with Gasteiger partial charge in [0.2, 0.25) is 0 Å². The van der Waals surface area contributed by atoms with Crippen LogP contribution in [0.5, 0.6) is 0 Å². The Bertz CT molecular complexity index is 387. The molecule has 0 unspecified atom stereocenters. The molecule has 5 nitrogen and oxygen atoms in total. The maximum absolute atomic E-state index is 11.7. The fourth-order valence-corrected chi connectivity index (χ4v) is 2.19. The highest BCUT2D eigenvalue weighted by atomic mass is 16.2. The minimum Gasteiger partial charge on any atom is -0.316 e. The number of hydrogen-bond donors (Lipinski definition) is 1. The van der Waals surface area contributed by atoms with Crippen molar-refractivity contribution >= 4 is 0 Å². The van der Waals surface area contributed by atoms with Crippen molar-refractivity contribution in [2.24, 2.45) is 7.05 Å². The van der Waals surface area contributed by atoms with E-state index >= 15 is 0 Å². The van der Waals surface area contributed by atoms with E-state index in [0.29, 0.717) is 12.5 Å². The van der Waals surface area contributed by atoms with E-state index in [0.717, 1.165) is 25.3 Å². The molecule has 0 aromatic carbocycles. The molecule has 1 aromatic heterocycles. The van der Waals surface area contributed by atoms with Gasteiger partial charge in [-0.15, -0.1) is 0 Å². The highest BCUT2D eigenvalue weighted by molar-refractivity contribution is 5.00. The molecule has 0 bridgehead atoms. The van der Waals surface area contributed by atoms with Gasteiger partial charge in [0.1, 0.15) is 5.82 Å². The number of aromatic nitrogens is 3. The van der Waals surface area contributed by atoms with Crippen molar-refractivity contribution in [1.82, 2.24) is 19.7 Å². The highest BCUT2D eigenvalue weighted by Gasteiger charge is 2.22. The molecule has 1 atom stereocenters. The lowest BCUT2D eigenvalue weighted by Gasteiger charge is -2.21. The van der Waals surface area contributed by atoms with Gasteiger partial charge >= 0.3 is 5.69 Å². The topological polar surface area (TPSA) is 51.9 Å². The molecule has 2 rings (SSSR count). The van der Waals surface area contributed by atoms with Gasteiger partial charge in [0.05, 0.1) is 0 Å². The molecule has 15 heavy (non-hydrogen) atoms. The highest BCUT2D eigenvalue weighted by Crippen LogP contribution is 2.20. The van der Waals surface area contributed by atoms with Gasteiger partial charge < -0.3 is 5.32 Å². The average Bonchev–Trinajstić information content (AvgIpc) is 2.56. The molecule has 1 aromatic rings. The summed E-state index contributed by atoms with van der Waals surface area (Å²) in [5, 5.41) is 7.68. The summed E-state index contributed by atoms with van der Waals surface area (Å²) in [6.45, 7) is 4.72. The second-order valence-electron chi connectivity index (χ2n) is 4.05. The Balaban J connectivity index is 2.33. The third-order valence-electron chi connectivity index (χ3n) is 3.01. The minimum atomic E-state index is -0.00178. The van der Waals surface area contributed by atoms with Crippen molar-refractivity contribution in [3.63, 3.8) is 0 Å². The molecule has 1 N–H and O–H groups in total. The van der Waals surface area contributed by atoms with Gasteiger partial charge in [0.25, 0.3) is 0 Å². The van der Waals surface area contributed by atoms with E-state index in [2.05, 4.69) is 10.4 Å². The summed E-state index contributed by atoms with van der Waals surface area (Å²) in [7, 11) is 1.72. The Morgan fingerprint density at radius 2 is 2.40 bits per heavy atom. The van der Waals surface area contributed by atoms with Crippen molar-refractivity contribution in [3.8, 4) is 0 Å². The van der Waals surface area contributed by atoms with Gasteiger partial charge in [-0.05, 0) is 26.3 Å². The van der Waals surface area contributed by atoms with E-state index in [4.69, 9.17) is 0 Å². The predicted octanol–water partition coefficient (Wildman–Crippen LogP) is 0.0687. The maximum Gasteiger partial charge on any atom is 0.345 e. The lowest BCUT2D eigenvalue weighted by Crippen LogP contribution is -2.31. The van der Waals surface area contributed by atoms with Crippen LogP contribution in [0.15, 0.2) is 4.79 Å². The zero-order chi connectivity index (χ0) is 10.8. The van der Waals surface area contributed by atoms with Crippen LogP contribution in [-0.2, 0) is 13.6 Å². The molecule has 0 spiro atoms. The standard InChI is InChI=1S/C10H18N4O/c1-3-14-9(12-13(2)10(14)15)8-5-4-6-11-7-8/h8,11H,3-7H2,1-2H3/t8-/m0/s1. The van der Waals surface area contributed by atoms with E-state index in [-0.39, 0.29) is 5.69 Å². The molecule has 2 heterocycles. The SMILES string of the molecule is CCn1c([C@H]2CCCNC2)nn(C)c1=O. The van der Waals surface area contributed by atoms with E-state index in [1.807, 2.05) is 6.92 Å². The zero-order valence-electron chi connectivity index (χ0n) is 9.36. The second-order valence-corrected chi connectivity index (χ2v) is 4.05. The van der Waals surface area contributed by atoms with Gasteiger partial charge in [-0.25, -0.2) is 9.48 Å². The smallest absolute Gasteiger partial charge is 0.316 e. The van der Waals surface area contributed by atoms with Gasteiger partial charge in [-0.3, -0.25) is 4.57 Å². The summed E-state index contributed by atoms with van der Waals surface area (Å²) < 4.78 is 3.21. The third kappa shape index (κ3) is 1.84. The summed E-state index contributed by atoms with van der Waals surface area (Å²) in [6.07, 6.45) is 2.29. The van der Waals surface area contributed by atoms with Crippen LogP contribution in [0.4, 0.5) is 0 Å². The summed E-state index contributed by atoms with van der Waals surface area (Å²) in [4.78, 5) is 11.7. The quantitative estimate of drug-likeness (QED) is 0.751. The zero-order valence-corrected chi connectivity index (χ0v) is 9.36. The Hall–Kier alpha value is -1.10. The average molecular weight is 210 g/mol. The first-order valence-electron chi connectivity index (χ1n) is 5.58. The second kappa shape index (κ2) is 4.18. The molecule has 0 aliphatic carbocycles. The largest absolute Gasteiger partial charge is 0.345 e. The fourth-order valence-electron chi connectivity index (χ4n) is 2.19. The Kier molecular flexibility index (Phi) is 2.90. The molecule has 84 valence electrons. The summed E-state index contributed by atoms with van der Waals surface area (Å²) >= 11 is 0. The molecule has 1 aliphatic heterocycles. The molecule has 0 amide bonds. The van der Waals surface area contributed by atoms with Crippen LogP contribution in [0.25, 0.3) is 0 Å². The van der Waals surface area contributed by atoms with E-state index in [1.165, 1.54) is 11.1 Å². The lowest BCUT2D eigenvalue weighted by atomic mass is 9.99. The first kappa shape index (κ1) is 10.4. The number of aryl methyl sites for hydroxylation is 1. The third-order valence-corrected chi connectivity index (χ3v) is 3.01. The number of nitrogens with one attached hydrogen (secondary N) is 1. The molecule has 5 heteroatoms. The van der Waals surface area contributed by atoms with Crippen molar-refractivity contribution in [2.75, 3.05) is 13.1 Å². The maximum atomic E-state index is 11.7. The van der Waals surface area contributed by atoms with E-state index in [9.17, 15) is 4.79 Å². The normalized spacial score (nSPS) is 21.9. The van der Waals surface area contributed by atoms with Crippen molar-refractivity contribution in [2.45, 2.75) is 32.2 Å². The van der Waals surface area contributed by atoms with E-state index in [1.54, 1.807) is 11.6 Å². The molecular weight excluding hydrogens is 192 g/mol. The number of piperidine rings is 1. The van der Waals surface area contributed by atoms with Crippen molar-refractivity contribution in [1.29, 1.82) is 0 Å². The molecule has 0 saturated carbocycles. The van der Waals surface area contributed by atoms with Crippen LogP contribution in [0.3, 0.4) is 0 Å². The molecule has 1 fully saturated rings. The van der Waals surface area contributed by atoms with Gasteiger partial charge in [-0.2, -0.15) is 5.10 Å². The summed E-state index contributed by atoms with van der Waals surface area (Å²) in [5.74, 6) is 1.34. The van der Waals surface area contributed by atoms with Gasteiger partial charge in [0, 0.05) is 26.1 Å². The number of rotatable bonds is 2. The van der Waals surface area contributed by atoms with Crippen LogP contribution in [0, 0.1) is 0 Å². The summed E-state index contributed by atoms with van der Waals surface area (Å²) in [5.41, 5.74) is -0.00178. The monoisotopic (exact) mass is 210 g/mol. The summed E-state index contributed by atoms with van der Waals surface area (Å²) in [6, 6.07) is 0. The first-order valence-corrected chi connectivity index (χ1v) is 5.58. The Morgan fingerprint density at radius 3 is 3.00 bits per heavy atom. The molecule has 0 radical (unpaired) electrons. The molecular formula is C10H18N4O. The Morgan fingerprint density at radius 1 is 1.60 bits per heavy atom. The molecule has 1 aliphatic rings. The lowest BCUT2D eigenvalue weighted by molar-refractivity contribution is 0.431. The molecule has 1 saturated heterocycles. The van der Waals surface area contributed by atoms with Crippen LogP contribution >= 0.6 is 0 Å². The van der Waals surface area contributed by atoms with Crippen molar-refractivity contribution < 1.29 is 0 Å². The van der Waals surface area contributed by atoms with E-state index < -0.39 is 0 Å².